The second-order valence-electron chi connectivity index (χ2n) is 6.31. The van der Waals surface area contributed by atoms with E-state index >= 15 is 0 Å². The normalized spacial score (nSPS) is 16.8. The topological polar surface area (TPSA) is 52.9 Å². The number of rotatable bonds is 3. The van der Waals surface area contributed by atoms with Gasteiger partial charge < -0.3 is 5.32 Å². The standard InChI is InChI=1S/C23H15FN2O/c24-20-11-5-10-18-21(16-7-2-1-3-8-16)19(23(27)22(18)20)14-26-17-9-4-6-15(12-17)13-25/h1-12,14,21,26H. The van der Waals surface area contributed by atoms with E-state index in [1.807, 2.05) is 36.4 Å². The minimum absolute atomic E-state index is 0.130. The summed E-state index contributed by atoms with van der Waals surface area (Å²) in [5.74, 6) is -1.16. The number of carbonyl (C=O) groups excluding carboxylic acids is 1. The van der Waals surface area contributed by atoms with Crippen LogP contribution in [0, 0.1) is 17.1 Å². The fraction of sp³-hybridized carbons (Fsp3) is 0.0435. The highest BCUT2D eigenvalue weighted by Crippen LogP contribution is 2.42. The van der Waals surface area contributed by atoms with Gasteiger partial charge in [0.15, 0.2) is 5.78 Å². The Morgan fingerprint density at radius 1 is 1.00 bits per heavy atom. The van der Waals surface area contributed by atoms with Crippen molar-refractivity contribution in [2.24, 2.45) is 0 Å². The van der Waals surface area contributed by atoms with Crippen LogP contribution in [-0.2, 0) is 0 Å². The van der Waals surface area contributed by atoms with Crippen molar-refractivity contribution in [3.63, 3.8) is 0 Å². The number of Topliss-reactive ketones (excluding diaryl/α,β-unsaturated/α-hetero) is 1. The number of fused-ring (bicyclic) bond motifs is 1. The Kier molecular flexibility index (Phi) is 4.27. The van der Waals surface area contributed by atoms with Crippen molar-refractivity contribution >= 4 is 11.5 Å². The van der Waals surface area contributed by atoms with Crippen molar-refractivity contribution in [3.8, 4) is 6.07 Å². The van der Waals surface area contributed by atoms with Crippen LogP contribution in [0.5, 0.6) is 0 Å². The molecule has 130 valence electrons. The summed E-state index contributed by atoms with van der Waals surface area (Å²) in [6, 6.07) is 23.4. The van der Waals surface area contributed by atoms with Crippen molar-refractivity contribution in [1.29, 1.82) is 5.26 Å². The SMILES string of the molecule is N#Cc1cccc(NC=C2C(=O)c3c(F)cccc3C2c2ccccc2)c1. The molecular formula is C23H15FN2O. The number of ketones is 1. The summed E-state index contributed by atoms with van der Waals surface area (Å²) in [5, 5.41) is 12.1. The molecule has 3 nitrogen and oxygen atoms in total. The van der Waals surface area contributed by atoms with Gasteiger partial charge in [-0.2, -0.15) is 5.26 Å². The fourth-order valence-electron chi connectivity index (χ4n) is 3.46. The molecule has 27 heavy (non-hydrogen) atoms. The van der Waals surface area contributed by atoms with Gasteiger partial charge in [0.1, 0.15) is 5.82 Å². The lowest BCUT2D eigenvalue weighted by Crippen LogP contribution is -2.05. The smallest absolute Gasteiger partial charge is 0.194 e. The molecule has 0 amide bonds. The maximum atomic E-state index is 14.4. The molecule has 0 aliphatic heterocycles. The lowest BCUT2D eigenvalue weighted by molar-refractivity contribution is 0.103. The average Bonchev–Trinajstić information content (AvgIpc) is 3.00. The summed E-state index contributed by atoms with van der Waals surface area (Å²) in [7, 11) is 0. The molecule has 3 aromatic rings. The quantitative estimate of drug-likeness (QED) is 0.672. The number of nitriles is 1. The first-order chi connectivity index (χ1) is 13.2. The van der Waals surface area contributed by atoms with Gasteiger partial charge in [-0.25, -0.2) is 4.39 Å². The van der Waals surface area contributed by atoms with Crippen LogP contribution in [0.1, 0.15) is 33.0 Å². The molecule has 0 saturated heterocycles. The van der Waals surface area contributed by atoms with E-state index in [4.69, 9.17) is 5.26 Å². The van der Waals surface area contributed by atoms with E-state index in [0.29, 0.717) is 22.4 Å². The van der Waals surface area contributed by atoms with E-state index in [-0.39, 0.29) is 17.3 Å². The molecule has 0 bridgehead atoms. The molecule has 4 rings (SSSR count). The summed E-state index contributed by atoms with van der Waals surface area (Å²) in [5.41, 5.74) is 3.41. The van der Waals surface area contributed by atoms with Gasteiger partial charge in [0.2, 0.25) is 0 Å². The summed E-state index contributed by atoms with van der Waals surface area (Å²) in [6.45, 7) is 0. The first-order valence-corrected chi connectivity index (χ1v) is 8.54. The molecule has 3 aromatic carbocycles. The molecule has 1 unspecified atom stereocenters. The molecule has 0 spiro atoms. The first kappa shape index (κ1) is 16.7. The zero-order valence-corrected chi connectivity index (χ0v) is 14.3. The predicted molar refractivity (Wildman–Crippen MR) is 102 cm³/mol. The molecule has 0 saturated carbocycles. The monoisotopic (exact) mass is 354 g/mol. The second kappa shape index (κ2) is 6.89. The second-order valence-corrected chi connectivity index (χ2v) is 6.31. The van der Waals surface area contributed by atoms with Crippen LogP contribution in [0.2, 0.25) is 0 Å². The van der Waals surface area contributed by atoms with Gasteiger partial charge in [0, 0.05) is 23.4 Å². The zero-order chi connectivity index (χ0) is 18.8. The molecule has 1 N–H and O–H groups in total. The fourth-order valence-corrected chi connectivity index (χ4v) is 3.46. The molecule has 0 radical (unpaired) electrons. The van der Waals surface area contributed by atoms with Gasteiger partial charge in [-0.05, 0) is 35.4 Å². The van der Waals surface area contributed by atoms with Crippen molar-refractivity contribution in [2.75, 3.05) is 5.32 Å². The summed E-state index contributed by atoms with van der Waals surface area (Å²) >= 11 is 0. The van der Waals surface area contributed by atoms with Crippen molar-refractivity contribution in [3.05, 3.63) is 113 Å². The summed E-state index contributed by atoms with van der Waals surface area (Å²) < 4.78 is 14.4. The third kappa shape index (κ3) is 3.00. The predicted octanol–water partition coefficient (Wildman–Crippen LogP) is 5.02. The van der Waals surface area contributed by atoms with Gasteiger partial charge in [-0.1, -0.05) is 48.5 Å². The van der Waals surface area contributed by atoms with Crippen molar-refractivity contribution in [2.45, 2.75) is 5.92 Å². The first-order valence-electron chi connectivity index (χ1n) is 8.54. The Morgan fingerprint density at radius 2 is 1.78 bits per heavy atom. The number of benzene rings is 3. The highest BCUT2D eigenvalue weighted by atomic mass is 19.1. The molecular weight excluding hydrogens is 339 g/mol. The van der Waals surface area contributed by atoms with E-state index in [9.17, 15) is 9.18 Å². The maximum Gasteiger partial charge on any atom is 0.194 e. The van der Waals surface area contributed by atoms with Crippen LogP contribution in [0.15, 0.2) is 84.6 Å². The van der Waals surface area contributed by atoms with E-state index in [1.54, 1.807) is 36.5 Å². The molecule has 0 heterocycles. The van der Waals surface area contributed by atoms with E-state index in [2.05, 4.69) is 11.4 Å². The Labute approximate surface area is 156 Å². The molecule has 1 atom stereocenters. The highest BCUT2D eigenvalue weighted by Gasteiger charge is 2.37. The van der Waals surface area contributed by atoms with Gasteiger partial charge >= 0.3 is 0 Å². The van der Waals surface area contributed by atoms with Gasteiger partial charge in [-0.15, -0.1) is 0 Å². The van der Waals surface area contributed by atoms with Crippen LogP contribution in [0.3, 0.4) is 0 Å². The number of hydrogen-bond acceptors (Lipinski definition) is 3. The zero-order valence-electron chi connectivity index (χ0n) is 14.3. The Hall–Kier alpha value is -3.71. The largest absolute Gasteiger partial charge is 0.361 e. The average molecular weight is 354 g/mol. The lowest BCUT2D eigenvalue weighted by atomic mass is 9.90. The third-order valence-electron chi connectivity index (χ3n) is 4.68. The third-order valence-corrected chi connectivity index (χ3v) is 4.68. The summed E-state index contributed by atoms with van der Waals surface area (Å²) in [4.78, 5) is 12.9. The minimum atomic E-state index is -0.506. The van der Waals surface area contributed by atoms with E-state index < -0.39 is 5.82 Å². The maximum absolute atomic E-state index is 14.4. The Balaban J connectivity index is 1.79. The molecule has 1 aliphatic carbocycles. The van der Waals surface area contributed by atoms with Crippen LogP contribution >= 0.6 is 0 Å². The van der Waals surface area contributed by atoms with Crippen LogP contribution in [-0.4, -0.2) is 5.78 Å². The van der Waals surface area contributed by atoms with Crippen LogP contribution < -0.4 is 5.32 Å². The number of hydrogen-bond donors (Lipinski definition) is 1. The number of nitrogens with one attached hydrogen (secondary N) is 1. The molecule has 4 heteroatoms. The Bertz CT molecular complexity index is 1100. The number of allylic oxidation sites excluding steroid dienone is 1. The van der Waals surface area contributed by atoms with E-state index in [0.717, 1.165) is 5.56 Å². The van der Waals surface area contributed by atoms with Gasteiger partial charge in [0.25, 0.3) is 0 Å². The minimum Gasteiger partial charge on any atom is -0.361 e. The molecule has 0 aromatic heterocycles. The van der Waals surface area contributed by atoms with Crippen LogP contribution in [0.25, 0.3) is 0 Å². The summed E-state index contributed by atoms with van der Waals surface area (Å²) in [6.07, 6.45) is 1.62. The highest BCUT2D eigenvalue weighted by molar-refractivity contribution is 6.15. The molecule has 0 fully saturated rings. The number of halogens is 1. The number of nitrogens with zero attached hydrogens (tertiary/aromatic N) is 1. The van der Waals surface area contributed by atoms with Crippen molar-refractivity contribution in [1.82, 2.24) is 0 Å². The van der Waals surface area contributed by atoms with E-state index in [1.165, 1.54) is 6.07 Å². The number of carbonyl (C=O) groups is 1. The number of anilines is 1. The van der Waals surface area contributed by atoms with Gasteiger partial charge in [-0.3, -0.25) is 4.79 Å². The van der Waals surface area contributed by atoms with Crippen LogP contribution in [0.4, 0.5) is 10.1 Å². The Morgan fingerprint density at radius 3 is 2.56 bits per heavy atom. The lowest BCUT2D eigenvalue weighted by Gasteiger charge is -2.14. The van der Waals surface area contributed by atoms with Gasteiger partial charge in [0.05, 0.1) is 17.2 Å². The molecule has 1 aliphatic rings. The van der Waals surface area contributed by atoms with Crippen molar-refractivity contribution < 1.29 is 9.18 Å².